The van der Waals surface area contributed by atoms with Crippen molar-refractivity contribution in [3.8, 4) is 0 Å². The van der Waals surface area contributed by atoms with Gasteiger partial charge in [0.2, 0.25) is 5.91 Å². The molecule has 0 heterocycles. The summed E-state index contributed by atoms with van der Waals surface area (Å²) < 4.78 is 0. The maximum Gasteiger partial charge on any atom is 0.239 e. The number of nitrogens with two attached hydrogens (primary N) is 1. The van der Waals surface area contributed by atoms with Gasteiger partial charge in [0, 0.05) is 19.3 Å². The third-order valence-corrected chi connectivity index (χ3v) is 3.14. The number of nitrogens with zero attached hydrogens (tertiary/aromatic N) is 1. The normalized spacial score (nSPS) is 14.9. The highest BCUT2D eigenvalue weighted by atomic mass is 32.2. The van der Waals surface area contributed by atoms with Crippen LogP contribution in [0.4, 0.5) is 0 Å². The van der Waals surface area contributed by atoms with E-state index >= 15 is 0 Å². The van der Waals surface area contributed by atoms with Crippen molar-refractivity contribution in [3.63, 3.8) is 0 Å². The highest BCUT2D eigenvalue weighted by molar-refractivity contribution is 7.98. The molecule has 1 amide bonds. The van der Waals surface area contributed by atoms with Crippen molar-refractivity contribution in [2.24, 2.45) is 11.7 Å². The molecule has 4 heteroatoms. The number of hydrogen-bond acceptors (Lipinski definition) is 3. The quantitative estimate of drug-likeness (QED) is 0.728. The number of hydrogen-bond donors (Lipinski definition) is 1. The summed E-state index contributed by atoms with van der Waals surface area (Å²) in [6.07, 6.45) is 2.98. The van der Waals surface area contributed by atoms with Crippen LogP contribution in [0.3, 0.4) is 0 Å². The molecule has 0 aromatic heterocycles. The summed E-state index contributed by atoms with van der Waals surface area (Å²) in [5.74, 6) is 1.29. The number of likely N-dealkylation sites (N-methyl/N-ethyl adjacent to an activating group) is 1. The largest absolute Gasteiger partial charge is 0.344 e. The zero-order valence-electron chi connectivity index (χ0n) is 9.62. The summed E-state index contributed by atoms with van der Waals surface area (Å²) in [5.41, 5.74) is 5.85. The first-order chi connectivity index (χ1) is 6.54. The molecule has 14 heavy (non-hydrogen) atoms. The first-order valence-corrected chi connectivity index (χ1v) is 6.43. The van der Waals surface area contributed by atoms with E-state index in [1.54, 1.807) is 16.7 Å². The minimum Gasteiger partial charge on any atom is -0.344 e. The van der Waals surface area contributed by atoms with Crippen LogP contribution in [-0.4, -0.2) is 42.4 Å². The number of rotatable bonds is 6. The van der Waals surface area contributed by atoms with Crippen LogP contribution in [0.2, 0.25) is 0 Å². The fourth-order valence-corrected chi connectivity index (χ4v) is 1.55. The average Bonchev–Trinajstić information content (AvgIpc) is 2.22. The van der Waals surface area contributed by atoms with Crippen LogP contribution in [0.5, 0.6) is 0 Å². The molecule has 0 rings (SSSR count). The monoisotopic (exact) mass is 218 g/mol. The zero-order chi connectivity index (χ0) is 11.1. The Morgan fingerprint density at radius 3 is 2.57 bits per heavy atom. The summed E-state index contributed by atoms with van der Waals surface area (Å²) in [6.45, 7) is 4.86. The van der Waals surface area contributed by atoms with Crippen molar-refractivity contribution in [2.75, 3.05) is 25.6 Å². The molecule has 84 valence electrons. The second-order valence-electron chi connectivity index (χ2n) is 3.66. The highest BCUT2D eigenvalue weighted by Gasteiger charge is 2.22. The first kappa shape index (κ1) is 13.8. The molecule has 2 atom stereocenters. The van der Waals surface area contributed by atoms with Gasteiger partial charge in [-0.1, -0.05) is 20.3 Å². The fourth-order valence-electron chi connectivity index (χ4n) is 1.09. The summed E-state index contributed by atoms with van der Waals surface area (Å²) in [6, 6.07) is -0.341. The lowest BCUT2D eigenvalue weighted by atomic mass is 9.99. The van der Waals surface area contributed by atoms with Crippen LogP contribution in [0.1, 0.15) is 20.3 Å². The number of amides is 1. The maximum absolute atomic E-state index is 11.7. The van der Waals surface area contributed by atoms with Gasteiger partial charge in [-0.15, -0.1) is 0 Å². The van der Waals surface area contributed by atoms with Gasteiger partial charge in [-0.25, -0.2) is 0 Å². The van der Waals surface area contributed by atoms with Crippen LogP contribution < -0.4 is 5.73 Å². The third kappa shape index (κ3) is 4.33. The maximum atomic E-state index is 11.7. The molecule has 2 N–H and O–H groups in total. The molecule has 0 spiro atoms. The van der Waals surface area contributed by atoms with Crippen molar-refractivity contribution >= 4 is 17.7 Å². The van der Waals surface area contributed by atoms with Crippen LogP contribution in [-0.2, 0) is 4.79 Å². The van der Waals surface area contributed by atoms with Gasteiger partial charge in [0.15, 0.2) is 0 Å². The molecule has 0 aliphatic heterocycles. The van der Waals surface area contributed by atoms with Gasteiger partial charge in [0.25, 0.3) is 0 Å². The van der Waals surface area contributed by atoms with Crippen LogP contribution in [0.15, 0.2) is 0 Å². The molecule has 0 saturated carbocycles. The summed E-state index contributed by atoms with van der Waals surface area (Å²) in [5, 5.41) is 0. The molecule has 3 nitrogen and oxygen atoms in total. The topological polar surface area (TPSA) is 46.3 Å². The molecule has 0 radical (unpaired) electrons. The number of thioether (sulfide) groups is 1. The van der Waals surface area contributed by atoms with Crippen molar-refractivity contribution in [2.45, 2.75) is 26.3 Å². The van der Waals surface area contributed by atoms with Crippen molar-refractivity contribution in [1.82, 2.24) is 4.90 Å². The Labute approximate surface area is 91.4 Å². The zero-order valence-corrected chi connectivity index (χ0v) is 10.4. The van der Waals surface area contributed by atoms with Crippen LogP contribution >= 0.6 is 11.8 Å². The Hall–Kier alpha value is -0.220. The van der Waals surface area contributed by atoms with Gasteiger partial charge in [0.05, 0.1) is 6.04 Å². The van der Waals surface area contributed by atoms with Crippen LogP contribution in [0.25, 0.3) is 0 Å². The van der Waals surface area contributed by atoms with E-state index in [0.717, 1.165) is 18.7 Å². The molecule has 0 unspecified atom stereocenters. The lowest BCUT2D eigenvalue weighted by molar-refractivity contribution is -0.132. The molecular weight excluding hydrogens is 196 g/mol. The Morgan fingerprint density at radius 2 is 2.14 bits per heavy atom. The highest BCUT2D eigenvalue weighted by Crippen LogP contribution is 2.08. The van der Waals surface area contributed by atoms with E-state index in [1.165, 1.54) is 0 Å². The first-order valence-electron chi connectivity index (χ1n) is 5.04. The molecule has 0 aliphatic carbocycles. The predicted molar refractivity (Wildman–Crippen MR) is 63.4 cm³/mol. The van der Waals surface area contributed by atoms with E-state index in [2.05, 4.69) is 6.92 Å². The standard InChI is InChI=1S/C10H22N2OS/c1-5-8(2)9(11)10(13)12(3)6-7-14-4/h8-9H,5-7,11H2,1-4H3/t8-,9-/m0/s1. The Kier molecular flexibility index (Phi) is 7.01. The molecule has 0 fully saturated rings. The second-order valence-corrected chi connectivity index (χ2v) is 4.65. The van der Waals surface area contributed by atoms with Gasteiger partial charge >= 0.3 is 0 Å². The van der Waals surface area contributed by atoms with E-state index in [9.17, 15) is 4.79 Å². The van der Waals surface area contributed by atoms with E-state index < -0.39 is 0 Å². The smallest absolute Gasteiger partial charge is 0.239 e. The molecule has 0 bridgehead atoms. The van der Waals surface area contributed by atoms with Gasteiger partial charge in [0.1, 0.15) is 0 Å². The van der Waals surface area contributed by atoms with E-state index in [1.807, 2.05) is 20.2 Å². The van der Waals surface area contributed by atoms with E-state index in [0.29, 0.717) is 0 Å². The van der Waals surface area contributed by atoms with Gasteiger partial charge in [-0.2, -0.15) is 11.8 Å². The van der Waals surface area contributed by atoms with Gasteiger partial charge in [-0.3, -0.25) is 4.79 Å². The minimum atomic E-state index is -0.341. The van der Waals surface area contributed by atoms with Crippen molar-refractivity contribution in [1.29, 1.82) is 0 Å². The van der Waals surface area contributed by atoms with E-state index in [4.69, 9.17) is 5.73 Å². The Morgan fingerprint density at radius 1 is 1.57 bits per heavy atom. The lowest BCUT2D eigenvalue weighted by Crippen LogP contribution is -2.46. The molecular formula is C10H22N2OS. The Balaban J connectivity index is 4.03. The van der Waals surface area contributed by atoms with E-state index in [-0.39, 0.29) is 17.9 Å². The third-order valence-electron chi connectivity index (χ3n) is 2.55. The van der Waals surface area contributed by atoms with Crippen molar-refractivity contribution in [3.05, 3.63) is 0 Å². The van der Waals surface area contributed by atoms with Crippen LogP contribution in [0, 0.1) is 5.92 Å². The minimum absolute atomic E-state index is 0.0633. The Bertz CT molecular complexity index is 176. The molecule has 0 aromatic carbocycles. The average molecular weight is 218 g/mol. The molecule has 0 aromatic rings. The lowest BCUT2D eigenvalue weighted by Gasteiger charge is -2.24. The summed E-state index contributed by atoms with van der Waals surface area (Å²) >= 11 is 1.74. The SMILES string of the molecule is CC[C@H](C)[C@H](N)C(=O)N(C)CCSC. The molecule has 0 saturated heterocycles. The van der Waals surface area contributed by atoms with Crippen molar-refractivity contribution < 1.29 is 4.79 Å². The second kappa shape index (κ2) is 7.12. The molecule has 0 aliphatic rings. The predicted octanol–water partition coefficient (Wildman–Crippen LogP) is 1.18. The summed E-state index contributed by atoms with van der Waals surface area (Å²) in [7, 11) is 1.82. The summed E-state index contributed by atoms with van der Waals surface area (Å²) in [4.78, 5) is 13.5. The number of carbonyl (C=O) groups excluding carboxylic acids is 1. The fraction of sp³-hybridized carbons (Fsp3) is 0.900. The number of carbonyl (C=O) groups is 1. The van der Waals surface area contributed by atoms with Gasteiger partial charge in [-0.05, 0) is 12.2 Å². The van der Waals surface area contributed by atoms with Gasteiger partial charge < -0.3 is 10.6 Å².